The van der Waals surface area contributed by atoms with E-state index < -0.39 is 0 Å². The van der Waals surface area contributed by atoms with Crippen molar-refractivity contribution in [2.75, 3.05) is 26.2 Å². The Hall–Kier alpha value is -2.35. The molecule has 0 radical (unpaired) electrons. The maximum absolute atomic E-state index is 5.81. The number of hydrogen-bond acceptors (Lipinski definition) is 5. The van der Waals surface area contributed by atoms with Gasteiger partial charge in [-0.2, -0.15) is 5.10 Å². The zero-order valence-corrected chi connectivity index (χ0v) is 17.3. The molecule has 1 saturated carbocycles. The van der Waals surface area contributed by atoms with Crippen molar-refractivity contribution in [3.63, 3.8) is 0 Å². The number of rotatable bonds is 6. The van der Waals surface area contributed by atoms with Gasteiger partial charge in [0.2, 0.25) is 0 Å². The topological polar surface area (TPSA) is 42.1 Å². The lowest BCUT2D eigenvalue weighted by molar-refractivity contribution is 0.0980. The number of pyridine rings is 1. The van der Waals surface area contributed by atoms with Crippen LogP contribution in [0, 0.1) is 4.77 Å². The van der Waals surface area contributed by atoms with Crippen molar-refractivity contribution < 1.29 is 0 Å². The summed E-state index contributed by atoms with van der Waals surface area (Å²) >= 11 is 5.81. The second kappa shape index (κ2) is 8.18. The third-order valence-electron chi connectivity index (χ3n) is 5.75. The van der Waals surface area contributed by atoms with Gasteiger partial charge in [-0.05, 0) is 42.8 Å². The Labute approximate surface area is 176 Å². The van der Waals surface area contributed by atoms with Crippen LogP contribution in [0.1, 0.15) is 24.4 Å². The average Bonchev–Trinajstić information content (AvgIpc) is 3.55. The minimum absolute atomic E-state index is 0.495. The predicted molar refractivity (Wildman–Crippen MR) is 116 cm³/mol. The van der Waals surface area contributed by atoms with Gasteiger partial charge in [-0.15, -0.1) is 0 Å². The highest BCUT2D eigenvalue weighted by Crippen LogP contribution is 2.38. The highest BCUT2D eigenvalue weighted by Gasteiger charge is 2.29. The smallest absolute Gasteiger partial charge is 0.199 e. The van der Waals surface area contributed by atoms with E-state index in [1.807, 2.05) is 16.9 Å². The molecule has 5 rings (SSSR count). The molecule has 2 fully saturated rings. The van der Waals surface area contributed by atoms with E-state index >= 15 is 0 Å². The van der Waals surface area contributed by atoms with Crippen molar-refractivity contribution in [2.24, 2.45) is 0 Å². The largest absolute Gasteiger partial charge is 0.297 e. The van der Waals surface area contributed by atoms with E-state index in [1.165, 1.54) is 18.4 Å². The maximum atomic E-state index is 5.81. The highest BCUT2D eigenvalue weighted by molar-refractivity contribution is 7.71. The van der Waals surface area contributed by atoms with Crippen molar-refractivity contribution in [1.29, 1.82) is 0 Å². The van der Waals surface area contributed by atoms with Gasteiger partial charge in [0.1, 0.15) is 0 Å². The number of piperazine rings is 1. The SMILES string of the molecule is S=c1n(CN2CCN(Cc3ccccc3)CC2)nc(-c2cccnc2)n1C1CC1. The minimum atomic E-state index is 0.495. The molecule has 2 aliphatic rings. The fourth-order valence-electron chi connectivity index (χ4n) is 3.99. The van der Waals surface area contributed by atoms with Crippen LogP contribution in [0.2, 0.25) is 0 Å². The van der Waals surface area contributed by atoms with Gasteiger partial charge in [0.25, 0.3) is 0 Å². The zero-order valence-electron chi connectivity index (χ0n) is 16.5. The summed E-state index contributed by atoms with van der Waals surface area (Å²) in [5.74, 6) is 0.952. The molecule has 150 valence electrons. The summed E-state index contributed by atoms with van der Waals surface area (Å²) in [7, 11) is 0. The van der Waals surface area contributed by atoms with Crippen LogP contribution in [-0.2, 0) is 13.2 Å². The molecular formula is C22H26N6S. The van der Waals surface area contributed by atoms with Crippen LogP contribution in [0.15, 0.2) is 54.9 Å². The standard InChI is InChI=1S/C22H26N6S/c29-22-27(24-21(28(22)20-8-9-20)19-7-4-10-23-15-19)17-26-13-11-25(12-14-26)16-18-5-2-1-3-6-18/h1-7,10,15,20H,8-9,11-14,16-17H2. The first-order chi connectivity index (χ1) is 14.3. The summed E-state index contributed by atoms with van der Waals surface area (Å²) < 4.78 is 5.07. The second-order valence-corrected chi connectivity index (χ2v) is 8.33. The number of nitrogens with zero attached hydrogens (tertiary/aromatic N) is 6. The first kappa shape index (κ1) is 18.7. The Morgan fingerprint density at radius 3 is 2.38 bits per heavy atom. The van der Waals surface area contributed by atoms with Crippen molar-refractivity contribution in [3.05, 3.63) is 65.2 Å². The fourth-order valence-corrected chi connectivity index (χ4v) is 4.32. The number of hydrogen-bond donors (Lipinski definition) is 0. The lowest BCUT2D eigenvalue weighted by Gasteiger charge is -2.34. The van der Waals surface area contributed by atoms with Gasteiger partial charge < -0.3 is 0 Å². The van der Waals surface area contributed by atoms with Crippen molar-refractivity contribution in [1.82, 2.24) is 29.1 Å². The van der Waals surface area contributed by atoms with Crippen LogP contribution in [0.5, 0.6) is 0 Å². The van der Waals surface area contributed by atoms with Crippen LogP contribution in [-0.4, -0.2) is 55.3 Å². The summed E-state index contributed by atoms with van der Waals surface area (Å²) in [6, 6.07) is 15.2. The van der Waals surface area contributed by atoms with E-state index in [1.54, 1.807) is 6.20 Å². The molecule has 1 aliphatic heterocycles. The molecule has 29 heavy (non-hydrogen) atoms. The summed E-state index contributed by atoms with van der Waals surface area (Å²) in [5.41, 5.74) is 2.42. The molecule has 1 aromatic carbocycles. The third-order valence-corrected chi connectivity index (χ3v) is 6.16. The van der Waals surface area contributed by atoms with Gasteiger partial charge >= 0.3 is 0 Å². The Morgan fingerprint density at radius 1 is 0.931 bits per heavy atom. The minimum Gasteiger partial charge on any atom is -0.297 e. The molecule has 0 spiro atoms. The molecule has 0 unspecified atom stereocenters. The molecule has 7 heteroatoms. The molecule has 3 heterocycles. The van der Waals surface area contributed by atoms with Gasteiger partial charge in [-0.1, -0.05) is 30.3 Å². The first-order valence-corrected chi connectivity index (χ1v) is 10.8. The first-order valence-electron chi connectivity index (χ1n) is 10.4. The summed E-state index contributed by atoms with van der Waals surface area (Å²) in [4.78, 5) is 9.24. The van der Waals surface area contributed by atoms with E-state index in [9.17, 15) is 0 Å². The van der Waals surface area contributed by atoms with Crippen LogP contribution in [0.3, 0.4) is 0 Å². The Kier molecular flexibility index (Phi) is 5.26. The molecule has 1 aliphatic carbocycles. The summed E-state index contributed by atoms with van der Waals surface area (Å²) in [6.45, 7) is 5.99. The zero-order chi connectivity index (χ0) is 19.6. The van der Waals surface area contributed by atoms with E-state index in [0.717, 1.165) is 55.6 Å². The predicted octanol–water partition coefficient (Wildman–Crippen LogP) is 3.59. The molecule has 6 nitrogen and oxygen atoms in total. The third kappa shape index (κ3) is 4.17. The molecule has 0 amide bonds. The van der Waals surface area contributed by atoms with Crippen LogP contribution >= 0.6 is 12.2 Å². The van der Waals surface area contributed by atoms with E-state index in [-0.39, 0.29) is 0 Å². The van der Waals surface area contributed by atoms with Crippen LogP contribution < -0.4 is 0 Å². The van der Waals surface area contributed by atoms with Gasteiger partial charge in [-0.25, -0.2) is 4.68 Å². The van der Waals surface area contributed by atoms with Gasteiger partial charge in [-0.3, -0.25) is 19.4 Å². The molecule has 0 N–H and O–H groups in total. The lowest BCUT2D eigenvalue weighted by Crippen LogP contribution is -2.46. The lowest BCUT2D eigenvalue weighted by atomic mass is 10.2. The number of benzene rings is 1. The summed E-state index contributed by atoms with van der Waals surface area (Å²) in [5, 5.41) is 4.90. The monoisotopic (exact) mass is 406 g/mol. The molecule has 3 aromatic rings. The normalized spacial score (nSPS) is 18.2. The summed E-state index contributed by atoms with van der Waals surface area (Å²) in [6.07, 6.45) is 6.05. The highest BCUT2D eigenvalue weighted by atomic mass is 32.1. The van der Waals surface area contributed by atoms with Crippen molar-refractivity contribution >= 4 is 12.2 Å². The Balaban J connectivity index is 1.27. The molecular weight excluding hydrogens is 380 g/mol. The molecule has 0 atom stereocenters. The van der Waals surface area contributed by atoms with E-state index in [0.29, 0.717) is 6.04 Å². The Morgan fingerprint density at radius 2 is 1.69 bits per heavy atom. The second-order valence-electron chi connectivity index (χ2n) is 7.97. The van der Waals surface area contributed by atoms with Crippen molar-refractivity contribution in [3.8, 4) is 11.4 Å². The molecule has 1 saturated heterocycles. The molecule has 0 bridgehead atoms. The Bertz CT molecular complexity index is 1000. The quantitative estimate of drug-likeness (QED) is 0.585. The maximum Gasteiger partial charge on any atom is 0.199 e. The number of aromatic nitrogens is 4. The van der Waals surface area contributed by atoms with Crippen molar-refractivity contribution in [2.45, 2.75) is 32.1 Å². The van der Waals surface area contributed by atoms with Gasteiger partial charge in [0.15, 0.2) is 10.6 Å². The fraction of sp³-hybridized carbons (Fsp3) is 0.409. The van der Waals surface area contributed by atoms with Gasteiger partial charge in [0.05, 0.1) is 6.67 Å². The van der Waals surface area contributed by atoms with Gasteiger partial charge in [0, 0.05) is 56.7 Å². The van der Waals surface area contributed by atoms with Crippen LogP contribution in [0.4, 0.5) is 0 Å². The molecule has 2 aromatic heterocycles. The van der Waals surface area contributed by atoms with E-state index in [2.05, 4.69) is 55.7 Å². The van der Waals surface area contributed by atoms with E-state index in [4.69, 9.17) is 17.3 Å². The van der Waals surface area contributed by atoms with Crippen LogP contribution in [0.25, 0.3) is 11.4 Å². The average molecular weight is 407 g/mol.